The third-order valence-corrected chi connectivity index (χ3v) is 5.00. The second-order valence-electron chi connectivity index (χ2n) is 5.25. The zero-order valence-corrected chi connectivity index (χ0v) is 13.0. The fraction of sp³-hybridized carbons (Fsp3) is 0.533. The third kappa shape index (κ3) is 2.94. The van der Waals surface area contributed by atoms with E-state index >= 15 is 0 Å². The molecule has 0 heterocycles. The number of aromatic hydroxyl groups is 1. The molecule has 2 rings (SSSR count). The van der Waals surface area contributed by atoms with Gasteiger partial charge in [-0.2, -0.15) is 0 Å². The summed E-state index contributed by atoms with van der Waals surface area (Å²) in [4.78, 5) is 14.6. The number of rotatable bonds is 2. The molecule has 1 N–H and O–H groups in total. The van der Waals surface area contributed by atoms with Crippen LogP contribution in [0, 0.1) is 6.92 Å². The minimum Gasteiger partial charge on any atom is -0.507 e. The average molecular weight is 326 g/mol. The van der Waals surface area contributed by atoms with E-state index in [4.69, 9.17) is 0 Å². The van der Waals surface area contributed by atoms with Crippen LogP contribution in [0.4, 0.5) is 0 Å². The van der Waals surface area contributed by atoms with Gasteiger partial charge in [0.1, 0.15) is 5.75 Å². The molecule has 1 aromatic carbocycles. The van der Waals surface area contributed by atoms with Crippen LogP contribution in [0.15, 0.2) is 18.2 Å². The van der Waals surface area contributed by atoms with Gasteiger partial charge in [-0.25, -0.2) is 0 Å². The van der Waals surface area contributed by atoms with Crippen molar-refractivity contribution < 1.29 is 9.90 Å². The Morgan fingerprint density at radius 3 is 2.74 bits per heavy atom. The number of hydrogen-bond donors (Lipinski definition) is 1. The first-order chi connectivity index (χ1) is 9.02. The van der Waals surface area contributed by atoms with Crippen molar-refractivity contribution >= 4 is 21.8 Å². The molecule has 2 unspecified atom stereocenters. The molecule has 0 saturated heterocycles. The van der Waals surface area contributed by atoms with Crippen molar-refractivity contribution in [1.29, 1.82) is 0 Å². The Morgan fingerprint density at radius 2 is 2.05 bits per heavy atom. The van der Waals surface area contributed by atoms with Gasteiger partial charge in [0.2, 0.25) is 0 Å². The van der Waals surface area contributed by atoms with Crippen molar-refractivity contribution in [2.75, 3.05) is 7.05 Å². The Hall–Kier alpha value is -1.03. The number of amides is 1. The third-order valence-electron chi connectivity index (χ3n) is 3.93. The molecular weight excluding hydrogens is 306 g/mol. The number of carbonyl (C=O) groups excluding carboxylic acids is 1. The van der Waals surface area contributed by atoms with Gasteiger partial charge >= 0.3 is 0 Å². The number of alkyl halides is 1. The van der Waals surface area contributed by atoms with Crippen molar-refractivity contribution in [2.45, 2.75) is 43.5 Å². The molecule has 1 aromatic rings. The standard InChI is InChI=1S/C15H20BrNO2/c1-10-6-5-7-11(14(10)18)15(19)17(2)13-9-4-3-8-12(13)16/h5-7,12-13,18H,3-4,8-9H2,1-2H3. The van der Waals surface area contributed by atoms with Gasteiger partial charge in [-0.15, -0.1) is 0 Å². The number of phenolic OH excluding ortho intramolecular Hbond substituents is 1. The molecule has 1 amide bonds. The van der Waals surface area contributed by atoms with E-state index in [-0.39, 0.29) is 17.7 Å². The number of carbonyl (C=O) groups is 1. The summed E-state index contributed by atoms with van der Waals surface area (Å²) in [6, 6.07) is 5.51. The molecule has 19 heavy (non-hydrogen) atoms. The van der Waals surface area contributed by atoms with Crippen molar-refractivity contribution in [3.63, 3.8) is 0 Å². The molecule has 4 heteroatoms. The summed E-state index contributed by atoms with van der Waals surface area (Å²) in [5, 5.41) is 10.0. The normalized spacial score (nSPS) is 23.1. The quantitative estimate of drug-likeness (QED) is 0.846. The van der Waals surface area contributed by atoms with Crippen LogP contribution in [0.3, 0.4) is 0 Å². The van der Waals surface area contributed by atoms with Crippen LogP contribution >= 0.6 is 15.9 Å². The van der Waals surface area contributed by atoms with Gasteiger partial charge in [0, 0.05) is 17.9 Å². The molecule has 0 radical (unpaired) electrons. The van der Waals surface area contributed by atoms with Crippen LogP contribution in [-0.4, -0.2) is 33.8 Å². The maximum atomic E-state index is 12.5. The summed E-state index contributed by atoms with van der Waals surface area (Å²) in [5.74, 6) is -0.00108. The minimum absolute atomic E-state index is 0.0984. The van der Waals surface area contributed by atoms with E-state index in [1.807, 2.05) is 13.1 Å². The van der Waals surface area contributed by atoms with Crippen molar-refractivity contribution in [1.82, 2.24) is 4.90 Å². The minimum atomic E-state index is -0.0995. The van der Waals surface area contributed by atoms with E-state index in [9.17, 15) is 9.90 Å². The van der Waals surface area contributed by atoms with Gasteiger partial charge in [0.15, 0.2) is 0 Å². The smallest absolute Gasteiger partial charge is 0.257 e. The van der Waals surface area contributed by atoms with E-state index in [1.165, 1.54) is 6.42 Å². The van der Waals surface area contributed by atoms with E-state index < -0.39 is 0 Å². The van der Waals surface area contributed by atoms with E-state index in [1.54, 1.807) is 24.0 Å². The molecule has 0 spiro atoms. The predicted molar refractivity (Wildman–Crippen MR) is 79.9 cm³/mol. The Bertz CT molecular complexity index is 475. The number of aryl methyl sites for hydroxylation is 1. The largest absolute Gasteiger partial charge is 0.507 e. The fourth-order valence-electron chi connectivity index (χ4n) is 2.67. The number of halogens is 1. The van der Waals surface area contributed by atoms with Gasteiger partial charge in [-0.1, -0.05) is 40.9 Å². The number of benzene rings is 1. The molecule has 1 aliphatic carbocycles. The summed E-state index contributed by atoms with van der Waals surface area (Å²) in [7, 11) is 1.83. The Kier molecular flexibility index (Phi) is 4.50. The SMILES string of the molecule is Cc1cccc(C(=O)N(C)C2CCCCC2Br)c1O. The Balaban J connectivity index is 2.21. The summed E-state index contributed by atoms with van der Waals surface area (Å²) >= 11 is 3.67. The fourth-order valence-corrected chi connectivity index (χ4v) is 3.62. The lowest BCUT2D eigenvalue weighted by Crippen LogP contribution is -2.44. The Labute approximate surface area is 122 Å². The lowest BCUT2D eigenvalue weighted by Gasteiger charge is -2.35. The summed E-state index contributed by atoms with van der Waals surface area (Å²) in [5.41, 5.74) is 1.13. The van der Waals surface area contributed by atoms with Gasteiger partial charge < -0.3 is 10.0 Å². The van der Waals surface area contributed by atoms with Gasteiger partial charge in [-0.05, 0) is 31.4 Å². The van der Waals surface area contributed by atoms with Crippen molar-refractivity contribution in [3.8, 4) is 5.75 Å². The highest BCUT2D eigenvalue weighted by atomic mass is 79.9. The second kappa shape index (κ2) is 5.95. The van der Waals surface area contributed by atoms with Crippen LogP contribution in [0.1, 0.15) is 41.6 Å². The zero-order chi connectivity index (χ0) is 14.0. The maximum Gasteiger partial charge on any atom is 0.257 e. The topological polar surface area (TPSA) is 40.5 Å². The number of phenols is 1. The first-order valence-corrected chi connectivity index (χ1v) is 7.63. The highest BCUT2D eigenvalue weighted by Crippen LogP contribution is 2.30. The molecule has 0 bridgehead atoms. The van der Waals surface area contributed by atoms with Gasteiger partial charge in [-0.3, -0.25) is 4.79 Å². The summed E-state index contributed by atoms with van der Waals surface area (Å²) < 4.78 is 0. The van der Waals surface area contributed by atoms with Crippen LogP contribution < -0.4 is 0 Å². The van der Waals surface area contributed by atoms with E-state index in [0.717, 1.165) is 24.8 Å². The zero-order valence-electron chi connectivity index (χ0n) is 11.4. The molecule has 0 aromatic heterocycles. The van der Waals surface area contributed by atoms with Crippen LogP contribution in [0.5, 0.6) is 5.75 Å². The highest BCUT2D eigenvalue weighted by molar-refractivity contribution is 9.09. The first-order valence-electron chi connectivity index (χ1n) is 6.72. The van der Waals surface area contributed by atoms with Crippen LogP contribution in [0.25, 0.3) is 0 Å². The number of hydrogen-bond acceptors (Lipinski definition) is 2. The summed E-state index contributed by atoms with van der Waals surface area (Å²) in [6.45, 7) is 1.81. The predicted octanol–water partition coefficient (Wildman–Crippen LogP) is 3.48. The van der Waals surface area contributed by atoms with E-state index in [2.05, 4.69) is 15.9 Å². The molecule has 2 atom stereocenters. The van der Waals surface area contributed by atoms with E-state index in [0.29, 0.717) is 10.4 Å². The monoisotopic (exact) mass is 325 g/mol. The second-order valence-corrected chi connectivity index (χ2v) is 6.43. The van der Waals surface area contributed by atoms with Crippen molar-refractivity contribution in [2.24, 2.45) is 0 Å². The summed E-state index contributed by atoms with van der Waals surface area (Å²) in [6.07, 6.45) is 4.49. The highest BCUT2D eigenvalue weighted by Gasteiger charge is 2.30. The lowest BCUT2D eigenvalue weighted by molar-refractivity contribution is 0.0701. The van der Waals surface area contributed by atoms with Crippen LogP contribution in [0.2, 0.25) is 0 Å². The van der Waals surface area contributed by atoms with Gasteiger partial charge in [0.05, 0.1) is 5.56 Å². The Morgan fingerprint density at radius 1 is 1.37 bits per heavy atom. The lowest BCUT2D eigenvalue weighted by atomic mass is 9.93. The number of nitrogens with zero attached hydrogens (tertiary/aromatic N) is 1. The number of para-hydroxylation sites is 1. The molecular formula is C15H20BrNO2. The molecule has 1 saturated carbocycles. The maximum absolute atomic E-state index is 12.5. The average Bonchev–Trinajstić information content (AvgIpc) is 2.41. The van der Waals surface area contributed by atoms with Crippen molar-refractivity contribution in [3.05, 3.63) is 29.3 Å². The molecule has 0 aliphatic heterocycles. The molecule has 1 fully saturated rings. The van der Waals surface area contributed by atoms with Crippen LogP contribution in [-0.2, 0) is 0 Å². The molecule has 104 valence electrons. The molecule has 3 nitrogen and oxygen atoms in total. The van der Waals surface area contributed by atoms with Gasteiger partial charge in [0.25, 0.3) is 5.91 Å². The molecule has 1 aliphatic rings. The first kappa shape index (κ1) is 14.4.